The summed E-state index contributed by atoms with van der Waals surface area (Å²) in [5, 5.41) is 0. The topological polar surface area (TPSA) is 20.3 Å². The first-order valence-corrected chi connectivity index (χ1v) is 6.79. The van der Waals surface area contributed by atoms with Crippen LogP contribution in [0.2, 0.25) is 0 Å². The zero-order valence-corrected chi connectivity index (χ0v) is 11.7. The number of alkyl halides is 3. The lowest BCUT2D eigenvalue weighted by molar-refractivity contribution is -0.186. The van der Waals surface area contributed by atoms with Crippen LogP contribution >= 0.6 is 15.9 Å². The van der Waals surface area contributed by atoms with E-state index in [0.717, 1.165) is 14.9 Å². The van der Waals surface area contributed by atoms with Gasteiger partial charge in [0, 0.05) is 17.6 Å². The van der Waals surface area contributed by atoms with E-state index in [2.05, 4.69) is 15.9 Å². The fraction of sp³-hybridized carbons (Fsp3) is 0.462. The summed E-state index contributed by atoms with van der Waals surface area (Å²) in [6.07, 6.45) is -3.61. The highest BCUT2D eigenvalue weighted by Gasteiger charge is 2.43. The average molecular weight is 336 g/mol. The van der Waals surface area contributed by atoms with Crippen molar-refractivity contribution in [3.05, 3.63) is 34.3 Å². The number of likely N-dealkylation sites (tertiary alicyclic amines) is 1. The highest BCUT2D eigenvalue weighted by Crippen LogP contribution is 2.30. The van der Waals surface area contributed by atoms with Crippen molar-refractivity contribution in [3.63, 3.8) is 0 Å². The zero-order chi connectivity index (χ0) is 14.0. The standard InChI is InChI=1S/C13H13BrF3NO/c14-11-3-1-9(2-4-11)10-5-7-18(8-6-10)12(19)13(15,16)17/h1-4,10H,5-8H2. The Morgan fingerprint density at radius 2 is 1.68 bits per heavy atom. The quantitative estimate of drug-likeness (QED) is 0.766. The molecule has 2 rings (SSSR count). The van der Waals surface area contributed by atoms with Gasteiger partial charge in [-0.2, -0.15) is 13.2 Å². The molecule has 0 atom stereocenters. The van der Waals surface area contributed by atoms with E-state index >= 15 is 0 Å². The summed E-state index contributed by atoms with van der Waals surface area (Å²) in [5.74, 6) is -1.49. The Hall–Kier alpha value is -1.04. The van der Waals surface area contributed by atoms with Gasteiger partial charge < -0.3 is 4.90 Å². The van der Waals surface area contributed by atoms with Crippen LogP contribution in [-0.2, 0) is 4.79 Å². The molecule has 1 fully saturated rings. The van der Waals surface area contributed by atoms with Crippen LogP contribution in [0.15, 0.2) is 28.7 Å². The van der Waals surface area contributed by atoms with Crippen molar-refractivity contribution in [2.75, 3.05) is 13.1 Å². The van der Waals surface area contributed by atoms with Crippen molar-refractivity contribution >= 4 is 21.8 Å². The van der Waals surface area contributed by atoms with Crippen LogP contribution in [0.5, 0.6) is 0 Å². The molecule has 6 heteroatoms. The van der Waals surface area contributed by atoms with E-state index < -0.39 is 12.1 Å². The van der Waals surface area contributed by atoms with Crippen LogP contribution in [0.3, 0.4) is 0 Å². The molecular formula is C13H13BrF3NO. The van der Waals surface area contributed by atoms with Gasteiger partial charge in [0.2, 0.25) is 0 Å². The minimum absolute atomic E-state index is 0.166. The molecule has 1 aliphatic rings. The maximum Gasteiger partial charge on any atom is 0.471 e. The molecule has 1 amide bonds. The Labute approximate surface area is 117 Å². The fourth-order valence-corrected chi connectivity index (χ4v) is 2.59. The van der Waals surface area contributed by atoms with E-state index in [-0.39, 0.29) is 19.0 Å². The highest BCUT2D eigenvalue weighted by atomic mass is 79.9. The summed E-state index contributed by atoms with van der Waals surface area (Å²) < 4.78 is 37.9. The van der Waals surface area contributed by atoms with Gasteiger partial charge in [0.25, 0.3) is 0 Å². The number of hydrogen-bond acceptors (Lipinski definition) is 1. The number of rotatable bonds is 1. The first-order chi connectivity index (χ1) is 8.88. The van der Waals surface area contributed by atoms with Crippen molar-refractivity contribution < 1.29 is 18.0 Å². The van der Waals surface area contributed by atoms with E-state index in [1.165, 1.54) is 0 Å². The summed E-state index contributed by atoms with van der Waals surface area (Å²) >= 11 is 3.34. The molecule has 0 N–H and O–H groups in total. The molecule has 19 heavy (non-hydrogen) atoms. The monoisotopic (exact) mass is 335 g/mol. The number of halogens is 4. The van der Waals surface area contributed by atoms with Gasteiger partial charge in [-0.15, -0.1) is 0 Å². The van der Waals surface area contributed by atoms with Crippen LogP contribution in [-0.4, -0.2) is 30.1 Å². The van der Waals surface area contributed by atoms with Gasteiger partial charge in [0.05, 0.1) is 0 Å². The van der Waals surface area contributed by atoms with E-state index in [1.807, 2.05) is 24.3 Å². The Morgan fingerprint density at radius 3 is 2.16 bits per heavy atom. The second-order valence-corrected chi connectivity index (χ2v) is 5.53. The third kappa shape index (κ3) is 3.49. The number of hydrogen-bond donors (Lipinski definition) is 0. The maximum atomic E-state index is 12.3. The largest absolute Gasteiger partial charge is 0.471 e. The third-order valence-electron chi connectivity index (χ3n) is 3.37. The van der Waals surface area contributed by atoms with Crippen LogP contribution in [0.4, 0.5) is 13.2 Å². The van der Waals surface area contributed by atoms with Crippen molar-refractivity contribution in [2.45, 2.75) is 24.9 Å². The predicted molar refractivity (Wildman–Crippen MR) is 68.8 cm³/mol. The van der Waals surface area contributed by atoms with Crippen molar-refractivity contribution in [2.24, 2.45) is 0 Å². The molecule has 1 heterocycles. The Morgan fingerprint density at radius 1 is 1.16 bits per heavy atom. The van der Waals surface area contributed by atoms with Gasteiger partial charge in [-0.3, -0.25) is 4.79 Å². The fourth-order valence-electron chi connectivity index (χ4n) is 2.33. The normalized spacial score (nSPS) is 17.6. The summed E-state index contributed by atoms with van der Waals surface area (Å²) in [4.78, 5) is 12.0. The van der Waals surface area contributed by atoms with Crippen LogP contribution < -0.4 is 0 Å². The number of carbonyl (C=O) groups excluding carboxylic acids is 1. The number of amides is 1. The Kier molecular flexibility index (Phi) is 4.18. The first kappa shape index (κ1) is 14.4. The summed E-state index contributed by atoms with van der Waals surface area (Å²) in [6.45, 7) is 0.331. The van der Waals surface area contributed by atoms with Crippen molar-refractivity contribution in [1.82, 2.24) is 4.90 Å². The lowest BCUT2D eigenvalue weighted by atomic mass is 9.89. The molecule has 104 valence electrons. The molecule has 0 radical (unpaired) electrons. The Balaban J connectivity index is 1.96. The molecule has 1 saturated heterocycles. The minimum Gasteiger partial charge on any atom is -0.335 e. The van der Waals surface area contributed by atoms with Gasteiger partial charge in [-0.25, -0.2) is 0 Å². The van der Waals surface area contributed by atoms with E-state index in [0.29, 0.717) is 12.8 Å². The first-order valence-electron chi connectivity index (χ1n) is 5.99. The molecule has 0 aromatic heterocycles. The zero-order valence-electron chi connectivity index (χ0n) is 10.1. The van der Waals surface area contributed by atoms with Gasteiger partial charge in [0.1, 0.15) is 0 Å². The van der Waals surface area contributed by atoms with Crippen molar-refractivity contribution in [1.29, 1.82) is 0 Å². The predicted octanol–water partition coefficient (Wildman–Crippen LogP) is 3.72. The third-order valence-corrected chi connectivity index (χ3v) is 3.89. The maximum absolute atomic E-state index is 12.3. The number of benzene rings is 1. The second kappa shape index (κ2) is 5.53. The molecule has 0 aliphatic carbocycles. The molecule has 2 nitrogen and oxygen atoms in total. The lowest BCUT2D eigenvalue weighted by Gasteiger charge is -2.32. The number of nitrogens with zero attached hydrogens (tertiary/aromatic N) is 1. The highest BCUT2D eigenvalue weighted by molar-refractivity contribution is 9.10. The summed E-state index contributed by atoms with van der Waals surface area (Å²) in [7, 11) is 0. The lowest BCUT2D eigenvalue weighted by Crippen LogP contribution is -2.45. The van der Waals surface area contributed by atoms with Crippen LogP contribution in [0.1, 0.15) is 24.3 Å². The molecule has 1 aromatic rings. The van der Waals surface area contributed by atoms with Crippen LogP contribution in [0, 0.1) is 0 Å². The Bertz CT molecular complexity index is 450. The van der Waals surface area contributed by atoms with Crippen molar-refractivity contribution in [3.8, 4) is 0 Å². The molecular weight excluding hydrogens is 323 g/mol. The molecule has 0 spiro atoms. The average Bonchev–Trinajstić information content (AvgIpc) is 2.38. The molecule has 1 aliphatic heterocycles. The number of piperidine rings is 1. The molecule has 0 saturated carbocycles. The number of carbonyl (C=O) groups is 1. The summed E-state index contributed by atoms with van der Waals surface area (Å²) in [5.41, 5.74) is 1.11. The van der Waals surface area contributed by atoms with Gasteiger partial charge in [-0.1, -0.05) is 28.1 Å². The van der Waals surface area contributed by atoms with Crippen LogP contribution in [0.25, 0.3) is 0 Å². The van der Waals surface area contributed by atoms with Gasteiger partial charge in [-0.05, 0) is 36.5 Å². The smallest absolute Gasteiger partial charge is 0.335 e. The molecule has 0 bridgehead atoms. The van der Waals surface area contributed by atoms with Gasteiger partial charge in [0.15, 0.2) is 0 Å². The van der Waals surface area contributed by atoms with E-state index in [9.17, 15) is 18.0 Å². The molecule has 0 unspecified atom stereocenters. The molecule has 1 aromatic carbocycles. The van der Waals surface area contributed by atoms with E-state index in [4.69, 9.17) is 0 Å². The summed E-state index contributed by atoms with van der Waals surface area (Å²) in [6, 6.07) is 7.77. The second-order valence-electron chi connectivity index (χ2n) is 4.62. The van der Waals surface area contributed by atoms with Gasteiger partial charge >= 0.3 is 12.1 Å². The minimum atomic E-state index is -4.76. The van der Waals surface area contributed by atoms with E-state index in [1.54, 1.807) is 0 Å². The SMILES string of the molecule is O=C(N1CCC(c2ccc(Br)cc2)CC1)C(F)(F)F.